The summed E-state index contributed by atoms with van der Waals surface area (Å²) >= 11 is 0. The van der Waals surface area contributed by atoms with Crippen LogP contribution in [0.3, 0.4) is 0 Å². The van der Waals surface area contributed by atoms with Crippen molar-refractivity contribution in [3.63, 3.8) is 0 Å². The Morgan fingerprint density at radius 3 is 2.50 bits per heavy atom. The van der Waals surface area contributed by atoms with E-state index in [0.29, 0.717) is 24.3 Å². The van der Waals surface area contributed by atoms with E-state index < -0.39 is 64.9 Å². The fourth-order valence-electron chi connectivity index (χ4n) is 10.4. The van der Waals surface area contributed by atoms with E-state index in [-0.39, 0.29) is 30.1 Å². The number of esters is 1. The van der Waals surface area contributed by atoms with Gasteiger partial charge in [-0.2, -0.15) is 0 Å². The fourth-order valence-corrected chi connectivity index (χ4v) is 10.4. The molecular weight excluding hydrogens is 522 g/mol. The predicted octanol–water partition coefficient (Wildman–Crippen LogP) is 5.40. The van der Waals surface area contributed by atoms with Crippen LogP contribution in [0.4, 0.5) is 13.6 Å². The first-order valence-corrected chi connectivity index (χ1v) is 14.8. The first-order chi connectivity index (χ1) is 18.8. The molecule has 5 fully saturated rings. The number of ketones is 1. The molecule has 0 heterocycles. The lowest BCUT2D eigenvalue weighted by Gasteiger charge is -2.63. The van der Waals surface area contributed by atoms with Gasteiger partial charge in [-0.15, -0.1) is 0 Å². The summed E-state index contributed by atoms with van der Waals surface area (Å²) in [5, 5.41) is 11.7. The molecule has 0 spiro atoms. The number of ether oxygens (including phenoxy) is 3. The monoisotopic (exact) mass is 562 g/mol. The molecule has 220 valence electrons. The van der Waals surface area contributed by atoms with E-state index in [1.54, 1.807) is 26.8 Å². The summed E-state index contributed by atoms with van der Waals surface area (Å²) in [5.74, 6) is -2.47. The molecule has 12 atom stereocenters. The van der Waals surface area contributed by atoms with Crippen molar-refractivity contribution in [1.29, 1.82) is 0 Å². The van der Waals surface area contributed by atoms with Gasteiger partial charge in [0.1, 0.15) is 6.10 Å². The van der Waals surface area contributed by atoms with Gasteiger partial charge in [-0.25, -0.2) is 18.4 Å². The summed E-state index contributed by atoms with van der Waals surface area (Å²) < 4.78 is 47.7. The summed E-state index contributed by atoms with van der Waals surface area (Å²) in [6.45, 7) is 5.73. The van der Waals surface area contributed by atoms with E-state index in [0.717, 1.165) is 25.7 Å². The molecule has 0 aromatic heterocycles. The maximum Gasteiger partial charge on any atom is 0.509 e. The van der Waals surface area contributed by atoms with Crippen LogP contribution in [-0.2, 0) is 23.8 Å². The third-order valence-electron chi connectivity index (χ3n) is 12.2. The summed E-state index contributed by atoms with van der Waals surface area (Å²) in [6.07, 6.45) is 5.87. The molecule has 1 N–H and O–H groups in total. The van der Waals surface area contributed by atoms with Gasteiger partial charge in [-0.3, -0.25) is 4.79 Å². The number of aliphatic hydroxyl groups is 1. The molecule has 7 nitrogen and oxygen atoms in total. The number of hydrogen-bond acceptors (Lipinski definition) is 7. The minimum atomic E-state index is -2.13. The largest absolute Gasteiger partial charge is 0.509 e. The van der Waals surface area contributed by atoms with Crippen molar-refractivity contribution in [2.24, 2.45) is 46.3 Å². The molecular formula is C31H40F2O7. The molecule has 2 bridgehead atoms. The zero-order valence-corrected chi connectivity index (χ0v) is 23.7. The van der Waals surface area contributed by atoms with Gasteiger partial charge in [0, 0.05) is 22.7 Å². The standard InChI is InChI=1S/C31H40F2O7/c1-16-9-23-22-10-17(2)31(26(36)38-15-32,40-27(37)39-24-12-18-5-6-19(24)11-18)29(22,4)14-25(35)30(23,33)28(3)8-7-20(34)13-21(16)28/h7-8,13,16-19,22-25,35H,5-6,9-12,14-15H2,1-4H3/t16-,17+,18-,19+,22-,23-,24-,25-,28-,29-,30-,31-/m0/s1. The Bertz CT molecular complexity index is 1180. The number of carbonyl (C=O) groups excluding carboxylic acids is 3. The topological polar surface area (TPSA) is 99.1 Å². The summed E-state index contributed by atoms with van der Waals surface area (Å²) in [5.41, 5.74) is -5.91. The molecule has 0 saturated heterocycles. The van der Waals surface area contributed by atoms with Gasteiger partial charge in [0.2, 0.25) is 12.5 Å². The molecule has 5 saturated carbocycles. The first-order valence-electron chi connectivity index (χ1n) is 14.8. The lowest BCUT2D eigenvalue weighted by atomic mass is 9.43. The van der Waals surface area contributed by atoms with Crippen LogP contribution in [-0.4, -0.2) is 53.4 Å². The van der Waals surface area contributed by atoms with Crippen molar-refractivity contribution in [2.45, 2.75) is 96.1 Å². The van der Waals surface area contributed by atoms with Crippen molar-refractivity contribution in [3.05, 3.63) is 23.8 Å². The molecule has 0 unspecified atom stereocenters. The van der Waals surface area contributed by atoms with E-state index in [4.69, 9.17) is 14.2 Å². The van der Waals surface area contributed by atoms with Gasteiger partial charge >= 0.3 is 12.1 Å². The Morgan fingerprint density at radius 2 is 1.85 bits per heavy atom. The maximum absolute atomic E-state index is 17.6. The van der Waals surface area contributed by atoms with Crippen LogP contribution in [0.1, 0.15) is 72.6 Å². The van der Waals surface area contributed by atoms with Crippen LogP contribution in [0, 0.1) is 46.3 Å². The molecule has 0 amide bonds. The Balaban J connectivity index is 1.38. The highest BCUT2D eigenvalue weighted by Gasteiger charge is 2.78. The third kappa shape index (κ3) is 3.45. The average molecular weight is 563 g/mol. The second-order valence-electron chi connectivity index (χ2n) is 13.9. The van der Waals surface area contributed by atoms with Gasteiger partial charge in [0.25, 0.3) is 0 Å². The van der Waals surface area contributed by atoms with Crippen molar-refractivity contribution in [3.8, 4) is 0 Å². The Hall–Kier alpha value is -2.29. The number of hydrogen-bond donors (Lipinski definition) is 1. The molecule has 9 heteroatoms. The number of carbonyl (C=O) groups is 3. The Kier molecular flexibility index (Phi) is 6.34. The van der Waals surface area contributed by atoms with Crippen LogP contribution in [0.15, 0.2) is 23.8 Å². The molecule has 0 aromatic rings. The molecule has 0 aromatic carbocycles. The molecule has 6 rings (SSSR count). The van der Waals surface area contributed by atoms with Gasteiger partial charge in [-0.1, -0.05) is 32.4 Å². The molecule has 6 aliphatic rings. The van der Waals surface area contributed by atoms with Gasteiger partial charge in [-0.05, 0) is 87.7 Å². The second-order valence-corrected chi connectivity index (χ2v) is 13.9. The number of aliphatic hydroxyl groups excluding tert-OH is 1. The van der Waals surface area contributed by atoms with Gasteiger partial charge in [0.15, 0.2) is 11.5 Å². The summed E-state index contributed by atoms with van der Waals surface area (Å²) in [7, 11) is 0. The summed E-state index contributed by atoms with van der Waals surface area (Å²) in [6, 6.07) is 0. The Labute approximate surface area is 233 Å². The zero-order chi connectivity index (χ0) is 28.8. The zero-order valence-electron chi connectivity index (χ0n) is 23.7. The fraction of sp³-hybridized carbons (Fsp3) is 0.774. The highest BCUT2D eigenvalue weighted by Crippen LogP contribution is 2.72. The highest BCUT2D eigenvalue weighted by atomic mass is 19.1. The van der Waals surface area contributed by atoms with Crippen LogP contribution in [0.5, 0.6) is 0 Å². The number of halogens is 2. The van der Waals surface area contributed by atoms with Crippen LogP contribution >= 0.6 is 0 Å². The Morgan fingerprint density at radius 1 is 1.10 bits per heavy atom. The normalized spacial score (nSPS) is 50.5. The third-order valence-corrected chi connectivity index (χ3v) is 12.2. The van der Waals surface area contributed by atoms with Gasteiger partial charge in [0.05, 0.1) is 6.10 Å². The van der Waals surface area contributed by atoms with E-state index in [2.05, 4.69) is 0 Å². The van der Waals surface area contributed by atoms with Crippen molar-refractivity contribution < 1.29 is 42.5 Å². The minimum Gasteiger partial charge on any atom is -0.431 e. The summed E-state index contributed by atoms with van der Waals surface area (Å²) in [4.78, 5) is 39.2. The van der Waals surface area contributed by atoms with Gasteiger partial charge < -0.3 is 19.3 Å². The minimum absolute atomic E-state index is 0.158. The van der Waals surface area contributed by atoms with E-state index in [1.807, 2.05) is 6.92 Å². The van der Waals surface area contributed by atoms with Crippen LogP contribution in [0.2, 0.25) is 0 Å². The number of allylic oxidation sites excluding steroid dienone is 4. The molecule has 0 radical (unpaired) electrons. The number of rotatable bonds is 4. The molecule has 40 heavy (non-hydrogen) atoms. The lowest BCUT2D eigenvalue weighted by molar-refractivity contribution is -0.235. The predicted molar refractivity (Wildman–Crippen MR) is 139 cm³/mol. The number of fused-ring (bicyclic) bond motifs is 7. The maximum atomic E-state index is 17.6. The average Bonchev–Trinajstić information content (AvgIpc) is 3.56. The van der Waals surface area contributed by atoms with E-state index in [1.165, 1.54) is 12.2 Å². The second kappa shape index (κ2) is 9.10. The van der Waals surface area contributed by atoms with Crippen LogP contribution in [0.25, 0.3) is 0 Å². The molecule has 6 aliphatic carbocycles. The van der Waals surface area contributed by atoms with Crippen molar-refractivity contribution >= 4 is 17.9 Å². The smallest absolute Gasteiger partial charge is 0.431 e. The number of alkyl halides is 2. The van der Waals surface area contributed by atoms with Crippen molar-refractivity contribution in [1.82, 2.24) is 0 Å². The first kappa shape index (κ1) is 27.9. The van der Waals surface area contributed by atoms with E-state index >= 15 is 4.39 Å². The molecule has 0 aliphatic heterocycles. The quantitative estimate of drug-likeness (QED) is 0.458. The lowest BCUT2D eigenvalue weighted by Crippen LogP contribution is -2.70. The van der Waals surface area contributed by atoms with Crippen molar-refractivity contribution in [2.75, 3.05) is 6.86 Å². The highest BCUT2D eigenvalue weighted by molar-refractivity contribution is 6.01. The SMILES string of the molecule is C[C@@H]1C[C@H]2[C@@H]3C[C@H](C)C4=CC(=O)C=C[C@]4(C)[C@@]3(F)[C@@H](O)C[C@]2(C)[C@@]1(OC(=O)O[C@H]1C[C@H]2CC[C@@H]1C2)C(=O)OCF. The van der Waals surface area contributed by atoms with E-state index in [9.17, 15) is 23.9 Å². The van der Waals surface area contributed by atoms with Crippen LogP contribution < -0.4 is 0 Å².